The topological polar surface area (TPSA) is 144 Å². The smallest absolute Gasteiger partial charge is 0.244 e. The van der Waals surface area contributed by atoms with Gasteiger partial charge < -0.3 is 0 Å². The molecular formula is C4H24N12P+. The van der Waals surface area contributed by atoms with E-state index in [1.807, 2.05) is 0 Å². The SMILES string of the molecule is CNNN[P+](NNNC)(NNNC)NNNC. The molecule has 0 saturated carbocycles. The average Bonchev–Trinajstić information content (AvgIpc) is 2.37. The highest BCUT2D eigenvalue weighted by Gasteiger charge is 2.39. The van der Waals surface area contributed by atoms with Crippen molar-refractivity contribution in [3.05, 3.63) is 0 Å². The Morgan fingerprint density at radius 2 is 0.706 bits per heavy atom. The zero-order valence-electron chi connectivity index (χ0n) is 10.4. The Bertz CT molecular complexity index is 129. The van der Waals surface area contributed by atoms with Crippen LogP contribution in [0.25, 0.3) is 0 Å². The summed E-state index contributed by atoms with van der Waals surface area (Å²) in [6.45, 7) is 0. The van der Waals surface area contributed by atoms with E-state index in [0.29, 0.717) is 0 Å². The highest BCUT2D eigenvalue weighted by molar-refractivity contribution is 7.67. The van der Waals surface area contributed by atoms with E-state index in [1.165, 1.54) is 0 Å². The monoisotopic (exact) mass is 271 g/mol. The fourth-order valence-electron chi connectivity index (χ4n) is 0.727. The maximum atomic E-state index is 3.00. The predicted octanol–water partition coefficient (Wildman–Crippen LogP) is -4.42. The lowest BCUT2D eigenvalue weighted by Gasteiger charge is -2.26. The minimum Gasteiger partial charge on any atom is -0.244 e. The Labute approximate surface area is 102 Å². The minimum atomic E-state index is -2.26. The van der Waals surface area contributed by atoms with E-state index >= 15 is 0 Å². The first-order valence-electron chi connectivity index (χ1n) is 4.89. The molecule has 0 saturated heterocycles. The summed E-state index contributed by atoms with van der Waals surface area (Å²) in [5.74, 6) is 0. The molecule has 104 valence electrons. The van der Waals surface area contributed by atoms with Gasteiger partial charge in [0.05, 0.1) is 0 Å². The Hall–Kier alpha value is -0.0500. The molecule has 0 aromatic carbocycles. The molecule has 0 spiro atoms. The fraction of sp³-hybridized carbons (Fsp3) is 1.00. The van der Waals surface area contributed by atoms with Crippen molar-refractivity contribution in [2.45, 2.75) is 0 Å². The molecule has 0 atom stereocenters. The summed E-state index contributed by atoms with van der Waals surface area (Å²) in [5, 5.41) is 12.0. The van der Waals surface area contributed by atoms with Gasteiger partial charge in [-0.3, -0.25) is 0 Å². The second-order valence-corrected chi connectivity index (χ2v) is 4.85. The maximum absolute atomic E-state index is 3.00. The van der Waals surface area contributed by atoms with Crippen LogP contribution in [-0.4, -0.2) is 28.2 Å². The van der Waals surface area contributed by atoms with Crippen LogP contribution in [0.5, 0.6) is 0 Å². The van der Waals surface area contributed by atoms with Crippen LogP contribution in [0.2, 0.25) is 0 Å². The van der Waals surface area contributed by atoms with Crippen molar-refractivity contribution in [2.75, 3.05) is 28.2 Å². The molecule has 0 bridgehead atoms. The number of nitrogens with one attached hydrogen (secondary N) is 12. The Morgan fingerprint density at radius 3 is 0.882 bits per heavy atom. The lowest BCUT2D eigenvalue weighted by atomic mass is 11.5. The number of hydrazine groups is 8. The van der Waals surface area contributed by atoms with Gasteiger partial charge in [0.25, 0.3) is 0 Å². The molecule has 12 nitrogen and oxygen atoms in total. The summed E-state index contributed by atoms with van der Waals surface area (Å²) >= 11 is 0. The lowest BCUT2D eigenvalue weighted by molar-refractivity contribution is 0.467. The summed E-state index contributed by atoms with van der Waals surface area (Å²) < 4.78 is 0. The molecule has 0 aliphatic rings. The van der Waals surface area contributed by atoms with Crippen LogP contribution in [0.1, 0.15) is 0 Å². The van der Waals surface area contributed by atoms with Crippen molar-refractivity contribution in [1.29, 1.82) is 0 Å². The van der Waals surface area contributed by atoms with Crippen molar-refractivity contribution < 1.29 is 0 Å². The highest BCUT2D eigenvalue weighted by atomic mass is 31.2. The van der Waals surface area contributed by atoms with E-state index in [2.05, 4.69) is 64.6 Å². The Kier molecular flexibility index (Phi) is 11.0. The largest absolute Gasteiger partial charge is 0.359 e. The molecule has 0 aliphatic heterocycles. The molecule has 13 heteroatoms. The van der Waals surface area contributed by atoms with E-state index in [0.717, 1.165) is 0 Å². The van der Waals surface area contributed by atoms with Crippen molar-refractivity contribution in [3.63, 3.8) is 0 Å². The molecule has 0 rings (SSSR count). The van der Waals surface area contributed by atoms with Crippen molar-refractivity contribution >= 4 is 7.87 Å². The van der Waals surface area contributed by atoms with Gasteiger partial charge in [-0.25, -0.2) is 21.7 Å². The number of rotatable bonds is 12. The van der Waals surface area contributed by atoms with Gasteiger partial charge in [-0.05, 0) is 28.2 Å². The van der Waals surface area contributed by atoms with Crippen LogP contribution >= 0.6 is 7.87 Å². The van der Waals surface area contributed by atoms with Gasteiger partial charge >= 0.3 is 7.87 Å². The summed E-state index contributed by atoms with van der Waals surface area (Å²) in [7, 11) is 4.70. The standard InChI is InChI=1S/C4H24N12P/c1-5-9-13-17(14-10-6-2,15-11-7-3)16-12-8-4/h5-16H,1-4H3/q+1. The van der Waals surface area contributed by atoms with Crippen molar-refractivity contribution in [2.24, 2.45) is 0 Å². The van der Waals surface area contributed by atoms with Crippen LogP contribution in [-0.2, 0) is 0 Å². The van der Waals surface area contributed by atoms with Gasteiger partial charge in [-0.2, -0.15) is 22.1 Å². The second kappa shape index (κ2) is 11.1. The van der Waals surface area contributed by atoms with E-state index in [1.54, 1.807) is 28.2 Å². The summed E-state index contributed by atoms with van der Waals surface area (Å²) in [4.78, 5) is 0. The van der Waals surface area contributed by atoms with Crippen LogP contribution in [0, 0.1) is 0 Å². The van der Waals surface area contributed by atoms with Crippen LogP contribution in [0.15, 0.2) is 0 Å². The first-order chi connectivity index (χ1) is 8.24. The zero-order chi connectivity index (χ0) is 13.0. The molecule has 0 heterocycles. The highest BCUT2D eigenvalue weighted by Crippen LogP contribution is 2.35. The molecule has 12 N–H and O–H groups in total. The molecule has 0 aliphatic carbocycles. The minimum absolute atomic E-state index is 1.74. The third kappa shape index (κ3) is 7.80. The zero-order valence-corrected chi connectivity index (χ0v) is 11.3. The predicted molar refractivity (Wildman–Crippen MR) is 68.2 cm³/mol. The molecule has 0 unspecified atom stereocenters. The average molecular weight is 271 g/mol. The first-order valence-corrected chi connectivity index (χ1v) is 6.68. The third-order valence-corrected chi connectivity index (χ3v) is 3.18. The second-order valence-electron chi connectivity index (χ2n) is 2.62. The molecule has 0 fully saturated rings. The summed E-state index contributed by atoms with van der Waals surface area (Å²) in [5.41, 5.74) is 22.1. The Morgan fingerprint density at radius 1 is 0.471 bits per heavy atom. The normalized spacial score (nSPS) is 12.0. The quantitative estimate of drug-likeness (QED) is 0.123. The van der Waals surface area contributed by atoms with Gasteiger partial charge in [0.1, 0.15) is 0 Å². The Balaban J connectivity index is 4.39. The van der Waals surface area contributed by atoms with E-state index in [9.17, 15) is 0 Å². The third-order valence-electron chi connectivity index (χ3n) is 1.39. The van der Waals surface area contributed by atoms with Gasteiger partial charge in [0.2, 0.25) is 0 Å². The van der Waals surface area contributed by atoms with E-state index in [4.69, 9.17) is 0 Å². The molecule has 0 radical (unpaired) electrons. The molecule has 17 heavy (non-hydrogen) atoms. The fourth-order valence-corrected chi connectivity index (χ4v) is 2.18. The number of hydrogen-bond donors (Lipinski definition) is 12. The van der Waals surface area contributed by atoms with Gasteiger partial charge in [0, 0.05) is 0 Å². The van der Waals surface area contributed by atoms with Gasteiger partial charge in [-0.1, -0.05) is 20.8 Å². The van der Waals surface area contributed by atoms with Crippen LogP contribution in [0.4, 0.5) is 0 Å². The van der Waals surface area contributed by atoms with Crippen molar-refractivity contribution in [1.82, 2.24) is 64.6 Å². The lowest BCUT2D eigenvalue weighted by Crippen LogP contribution is -2.64. The molecule has 0 aromatic heterocycles. The van der Waals surface area contributed by atoms with Crippen molar-refractivity contribution in [3.8, 4) is 0 Å². The van der Waals surface area contributed by atoms with Gasteiger partial charge in [-0.15, -0.1) is 0 Å². The van der Waals surface area contributed by atoms with Gasteiger partial charge in [0.15, 0.2) is 0 Å². The first kappa shape index (κ1) is 16.9. The number of hydrogen-bond acceptors (Lipinski definition) is 12. The molecule has 0 aromatic rings. The molecule has 0 amide bonds. The van der Waals surface area contributed by atoms with Crippen LogP contribution < -0.4 is 64.6 Å². The van der Waals surface area contributed by atoms with Crippen LogP contribution in [0.3, 0.4) is 0 Å². The maximum Gasteiger partial charge on any atom is 0.359 e. The van der Waals surface area contributed by atoms with E-state index < -0.39 is 7.87 Å². The molecular weight excluding hydrogens is 247 g/mol. The summed E-state index contributed by atoms with van der Waals surface area (Å²) in [6, 6.07) is 0. The summed E-state index contributed by atoms with van der Waals surface area (Å²) in [6.07, 6.45) is 0. The van der Waals surface area contributed by atoms with E-state index in [-0.39, 0.29) is 0 Å².